The van der Waals surface area contributed by atoms with Crippen molar-refractivity contribution in [1.29, 1.82) is 0 Å². The zero-order chi connectivity index (χ0) is 22.4. The average molecular weight is 425 g/mol. The third-order valence-corrected chi connectivity index (χ3v) is 5.46. The molecule has 8 heteroatoms. The summed E-state index contributed by atoms with van der Waals surface area (Å²) in [5, 5.41) is 5.72. The Morgan fingerprint density at radius 1 is 0.935 bits per heavy atom. The number of anilines is 2. The molecule has 2 aromatic rings. The first-order valence-corrected chi connectivity index (χ1v) is 10.2. The van der Waals surface area contributed by atoms with E-state index in [-0.39, 0.29) is 23.8 Å². The smallest absolute Gasteiger partial charge is 0.255 e. The first-order valence-electron chi connectivity index (χ1n) is 10.2. The molecule has 0 spiro atoms. The number of amides is 3. The highest BCUT2D eigenvalue weighted by molar-refractivity contribution is 6.05. The van der Waals surface area contributed by atoms with Crippen molar-refractivity contribution in [2.45, 2.75) is 19.9 Å². The molecule has 2 N–H and O–H groups in total. The lowest BCUT2D eigenvalue weighted by molar-refractivity contribution is -0.131. The lowest BCUT2D eigenvalue weighted by Gasteiger charge is -2.37. The van der Waals surface area contributed by atoms with Gasteiger partial charge >= 0.3 is 0 Å². The fraction of sp³-hybridized carbons (Fsp3) is 0.348. The first-order chi connectivity index (χ1) is 14.9. The predicted molar refractivity (Wildman–Crippen MR) is 119 cm³/mol. The molecule has 1 aliphatic heterocycles. The van der Waals surface area contributed by atoms with E-state index < -0.39 is 0 Å². The van der Waals surface area contributed by atoms with Gasteiger partial charge in [-0.25, -0.2) is 0 Å². The molecule has 3 amide bonds. The van der Waals surface area contributed by atoms with E-state index in [9.17, 15) is 14.4 Å². The van der Waals surface area contributed by atoms with E-state index in [4.69, 9.17) is 4.74 Å². The highest BCUT2D eigenvalue weighted by atomic mass is 16.5. The summed E-state index contributed by atoms with van der Waals surface area (Å²) in [6.45, 7) is 6.00. The van der Waals surface area contributed by atoms with Crippen LogP contribution in [-0.2, 0) is 9.59 Å². The van der Waals surface area contributed by atoms with Crippen LogP contribution in [0.1, 0.15) is 24.2 Å². The van der Waals surface area contributed by atoms with Crippen LogP contribution in [0.25, 0.3) is 0 Å². The van der Waals surface area contributed by atoms with Gasteiger partial charge in [-0.3, -0.25) is 19.3 Å². The maximum atomic E-state index is 12.6. The zero-order valence-corrected chi connectivity index (χ0v) is 18.1. The minimum absolute atomic E-state index is 0.0617. The van der Waals surface area contributed by atoms with Gasteiger partial charge in [0.15, 0.2) is 0 Å². The van der Waals surface area contributed by atoms with Crippen molar-refractivity contribution in [1.82, 2.24) is 9.80 Å². The molecule has 0 bridgehead atoms. The lowest BCUT2D eigenvalue weighted by Crippen LogP contribution is -2.53. The molecule has 2 aromatic carbocycles. The molecule has 31 heavy (non-hydrogen) atoms. The number of hydrogen-bond donors (Lipinski definition) is 2. The Bertz CT molecular complexity index is 937. The van der Waals surface area contributed by atoms with E-state index in [0.717, 1.165) is 0 Å². The molecule has 1 fully saturated rings. The summed E-state index contributed by atoms with van der Waals surface area (Å²) in [6.07, 6.45) is 0. The Kier molecular flexibility index (Phi) is 7.25. The molecule has 1 saturated heterocycles. The molecule has 0 saturated carbocycles. The Morgan fingerprint density at radius 3 is 2.19 bits per heavy atom. The van der Waals surface area contributed by atoms with Gasteiger partial charge in [-0.05, 0) is 43.3 Å². The van der Waals surface area contributed by atoms with E-state index in [2.05, 4.69) is 15.5 Å². The van der Waals surface area contributed by atoms with Crippen LogP contribution in [0.15, 0.2) is 48.5 Å². The van der Waals surface area contributed by atoms with Crippen LogP contribution in [0.3, 0.4) is 0 Å². The molecule has 3 rings (SSSR count). The van der Waals surface area contributed by atoms with E-state index >= 15 is 0 Å². The third-order valence-electron chi connectivity index (χ3n) is 5.46. The normalized spacial score (nSPS) is 15.1. The van der Waals surface area contributed by atoms with Gasteiger partial charge in [0.2, 0.25) is 11.8 Å². The highest BCUT2D eigenvalue weighted by Gasteiger charge is 2.26. The van der Waals surface area contributed by atoms with E-state index in [1.165, 1.54) is 0 Å². The summed E-state index contributed by atoms with van der Waals surface area (Å²) in [5.41, 5.74) is 1.68. The minimum atomic E-state index is -0.317. The second-order valence-corrected chi connectivity index (χ2v) is 7.44. The molecule has 1 atom stereocenters. The summed E-state index contributed by atoms with van der Waals surface area (Å²) >= 11 is 0. The van der Waals surface area contributed by atoms with Gasteiger partial charge in [0.25, 0.3) is 5.91 Å². The monoisotopic (exact) mass is 424 g/mol. The molecular weight excluding hydrogens is 396 g/mol. The van der Waals surface area contributed by atoms with Crippen molar-refractivity contribution in [2.24, 2.45) is 0 Å². The van der Waals surface area contributed by atoms with Crippen LogP contribution in [-0.4, -0.2) is 66.9 Å². The Morgan fingerprint density at radius 2 is 1.58 bits per heavy atom. The molecule has 8 nitrogen and oxygen atoms in total. The van der Waals surface area contributed by atoms with E-state index in [0.29, 0.717) is 48.9 Å². The predicted octanol–water partition coefficient (Wildman–Crippen LogP) is 2.44. The van der Waals surface area contributed by atoms with E-state index in [1.807, 2.05) is 19.1 Å². The summed E-state index contributed by atoms with van der Waals surface area (Å²) in [7, 11) is 1.55. The molecule has 0 unspecified atom stereocenters. The van der Waals surface area contributed by atoms with Crippen molar-refractivity contribution in [3.8, 4) is 5.75 Å². The zero-order valence-electron chi connectivity index (χ0n) is 18.1. The number of carbonyl (C=O) groups is 3. The SMILES string of the molecule is COc1ccccc1NC(=O)c1ccc(NC(=O)[C@H](C)N2CCN(C(C)=O)CC2)cc1. The number of hydrogen-bond acceptors (Lipinski definition) is 5. The van der Waals surface area contributed by atoms with Gasteiger partial charge in [-0.15, -0.1) is 0 Å². The van der Waals surface area contributed by atoms with Crippen LogP contribution in [0.2, 0.25) is 0 Å². The van der Waals surface area contributed by atoms with Crippen LogP contribution in [0, 0.1) is 0 Å². The van der Waals surface area contributed by atoms with Gasteiger partial charge < -0.3 is 20.3 Å². The van der Waals surface area contributed by atoms with Gasteiger partial charge in [0.05, 0.1) is 18.8 Å². The maximum absolute atomic E-state index is 12.6. The van der Waals surface area contributed by atoms with Gasteiger partial charge in [0.1, 0.15) is 5.75 Å². The van der Waals surface area contributed by atoms with Crippen LogP contribution >= 0.6 is 0 Å². The van der Waals surface area contributed by atoms with Gasteiger partial charge in [0, 0.05) is 44.4 Å². The molecule has 1 aliphatic rings. The molecule has 0 radical (unpaired) electrons. The van der Waals surface area contributed by atoms with Crippen LogP contribution in [0.4, 0.5) is 11.4 Å². The number of benzene rings is 2. The number of para-hydroxylation sites is 2. The van der Waals surface area contributed by atoms with Crippen molar-refractivity contribution >= 4 is 29.1 Å². The topological polar surface area (TPSA) is 91.0 Å². The lowest BCUT2D eigenvalue weighted by atomic mass is 10.1. The van der Waals surface area contributed by atoms with Crippen molar-refractivity contribution in [2.75, 3.05) is 43.9 Å². The summed E-state index contributed by atoms with van der Waals surface area (Å²) in [5.74, 6) is 0.256. The van der Waals surface area contributed by atoms with Crippen molar-refractivity contribution in [3.05, 3.63) is 54.1 Å². The highest BCUT2D eigenvalue weighted by Crippen LogP contribution is 2.24. The number of piperazine rings is 1. The minimum Gasteiger partial charge on any atom is -0.495 e. The van der Waals surface area contributed by atoms with Crippen LogP contribution in [0.5, 0.6) is 5.75 Å². The number of nitrogens with zero attached hydrogens (tertiary/aromatic N) is 2. The second-order valence-electron chi connectivity index (χ2n) is 7.44. The second kappa shape index (κ2) is 10.1. The number of ether oxygens (including phenoxy) is 1. The third kappa shape index (κ3) is 5.61. The fourth-order valence-electron chi connectivity index (χ4n) is 3.48. The first kappa shape index (κ1) is 22.3. The number of methoxy groups -OCH3 is 1. The molecule has 0 aromatic heterocycles. The fourth-order valence-corrected chi connectivity index (χ4v) is 3.48. The van der Waals surface area contributed by atoms with Crippen molar-refractivity contribution in [3.63, 3.8) is 0 Å². The van der Waals surface area contributed by atoms with Crippen LogP contribution < -0.4 is 15.4 Å². The Hall–Kier alpha value is -3.39. The Labute approximate surface area is 182 Å². The average Bonchev–Trinajstić information content (AvgIpc) is 2.79. The molecule has 0 aliphatic carbocycles. The Balaban J connectivity index is 1.55. The number of nitrogens with one attached hydrogen (secondary N) is 2. The molecular formula is C23H28N4O4. The summed E-state index contributed by atoms with van der Waals surface area (Å²) in [6, 6.07) is 13.6. The van der Waals surface area contributed by atoms with Gasteiger partial charge in [-0.2, -0.15) is 0 Å². The largest absolute Gasteiger partial charge is 0.495 e. The summed E-state index contributed by atoms with van der Waals surface area (Å²) in [4.78, 5) is 40.4. The maximum Gasteiger partial charge on any atom is 0.255 e. The summed E-state index contributed by atoms with van der Waals surface area (Å²) < 4.78 is 5.25. The van der Waals surface area contributed by atoms with Crippen molar-refractivity contribution < 1.29 is 19.1 Å². The molecule has 1 heterocycles. The van der Waals surface area contributed by atoms with E-state index in [1.54, 1.807) is 55.3 Å². The number of rotatable bonds is 6. The quantitative estimate of drug-likeness (QED) is 0.743. The standard InChI is InChI=1S/C23H28N4O4/c1-16(26-12-14-27(15-13-26)17(2)28)22(29)24-19-10-8-18(9-11-19)23(30)25-20-6-4-5-7-21(20)31-3/h4-11,16H,12-15H2,1-3H3,(H,24,29)(H,25,30)/t16-/m0/s1. The number of carbonyl (C=O) groups excluding carboxylic acids is 3. The molecule has 164 valence electrons. The van der Waals surface area contributed by atoms with Gasteiger partial charge in [-0.1, -0.05) is 12.1 Å².